The van der Waals surface area contributed by atoms with Gasteiger partial charge in [-0.15, -0.1) is 0 Å². The number of carboxylic acid groups (broad SMARTS) is 1. The molecule has 0 radical (unpaired) electrons. The van der Waals surface area contributed by atoms with Gasteiger partial charge in [-0.25, -0.2) is 0 Å². The van der Waals surface area contributed by atoms with Gasteiger partial charge >= 0.3 is 5.97 Å². The lowest BCUT2D eigenvalue weighted by Gasteiger charge is -2.17. The molecule has 0 saturated carbocycles. The van der Waals surface area contributed by atoms with Gasteiger partial charge in [-0.2, -0.15) is 0 Å². The first-order valence-electron chi connectivity index (χ1n) is 5.07. The Bertz CT molecular complexity index is 160. The minimum atomic E-state index is -0.702. The van der Waals surface area contributed by atoms with Gasteiger partial charge in [0.05, 0.1) is 0 Å². The van der Waals surface area contributed by atoms with E-state index in [-0.39, 0.29) is 6.42 Å². The summed E-state index contributed by atoms with van der Waals surface area (Å²) in [6.07, 6.45) is 2.16. The van der Waals surface area contributed by atoms with Crippen molar-refractivity contribution in [2.45, 2.75) is 19.3 Å². The van der Waals surface area contributed by atoms with Crippen LogP contribution in [0.2, 0.25) is 0 Å². The maximum Gasteiger partial charge on any atom is 0.303 e. The van der Waals surface area contributed by atoms with E-state index >= 15 is 0 Å². The van der Waals surface area contributed by atoms with Crippen LogP contribution in [0.15, 0.2) is 0 Å². The van der Waals surface area contributed by atoms with Crippen LogP contribution in [-0.4, -0.2) is 61.7 Å². The summed E-state index contributed by atoms with van der Waals surface area (Å²) in [4.78, 5) is 14.6. The minimum absolute atomic E-state index is 0.276. The maximum atomic E-state index is 10.3. The summed E-state index contributed by atoms with van der Waals surface area (Å²) in [5.41, 5.74) is 0. The highest BCUT2D eigenvalue weighted by Crippen LogP contribution is 1.94. The predicted molar refractivity (Wildman–Crippen MR) is 57.5 cm³/mol. The third-order valence-corrected chi connectivity index (χ3v) is 2.08. The Balaban J connectivity index is 3.27. The smallest absolute Gasteiger partial charge is 0.303 e. The highest BCUT2D eigenvalue weighted by Gasteiger charge is 2.01. The second-order valence-electron chi connectivity index (χ2n) is 3.96. The molecule has 0 aliphatic heterocycles. The van der Waals surface area contributed by atoms with Crippen molar-refractivity contribution in [3.05, 3.63) is 0 Å². The first-order valence-corrected chi connectivity index (χ1v) is 5.07. The molecule has 0 aromatic heterocycles. The molecule has 0 aliphatic carbocycles. The molecule has 0 atom stereocenters. The molecular weight excluding hydrogens is 180 g/mol. The number of hydrogen-bond donors (Lipinski definition) is 1. The Hall–Kier alpha value is -0.610. The normalized spacial score (nSPS) is 11.2. The largest absolute Gasteiger partial charge is 0.481 e. The lowest BCUT2D eigenvalue weighted by molar-refractivity contribution is -0.137. The lowest BCUT2D eigenvalue weighted by atomic mass is 10.3. The van der Waals surface area contributed by atoms with Crippen molar-refractivity contribution < 1.29 is 9.90 Å². The molecule has 0 bridgehead atoms. The van der Waals surface area contributed by atoms with Gasteiger partial charge in [-0.05, 0) is 53.6 Å². The summed E-state index contributed by atoms with van der Waals surface area (Å²) >= 11 is 0. The number of nitrogens with zero attached hydrogens (tertiary/aromatic N) is 2. The third-order valence-electron chi connectivity index (χ3n) is 2.08. The van der Waals surface area contributed by atoms with Crippen LogP contribution >= 0.6 is 0 Å². The molecular formula is C10H22N2O2. The van der Waals surface area contributed by atoms with Gasteiger partial charge in [0.2, 0.25) is 0 Å². The van der Waals surface area contributed by atoms with Crippen LogP contribution in [0.3, 0.4) is 0 Å². The first-order chi connectivity index (χ1) is 6.52. The predicted octanol–water partition coefficient (Wildman–Crippen LogP) is 0.735. The second kappa shape index (κ2) is 7.76. The molecule has 0 fully saturated rings. The highest BCUT2D eigenvalue weighted by molar-refractivity contribution is 5.66. The molecule has 0 heterocycles. The van der Waals surface area contributed by atoms with Crippen molar-refractivity contribution in [1.29, 1.82) is 0 Å². The van der Waals surface area contributed by atoms with Crippen molar-refractivity contribution in [2.24, 2.45) is 0 Å². The molecule has 0 unspecified atom stereocenters. The highest BCUT2D eigenvalue weighted by atomic mass is 16.4. The fourth-order valence-electron chi connectivity index (χ4n) is 1.27. The summed E-state index contributed by atoms with van der Waals surface area (Å²) in [5, 5.41) is 8.45. The second-order valence-corrected chi connectivity index (χ2v) is 3.96. The molecule has 0 aromatic carbocycles. The molecule has 4 heteroatoms. The van der Waals surface area contributed by atoms with Gasteiger partial charge in [0.1, 0.15) is 0 Å². The first kappa shape index (κ1) is 13.4. The van der Waals surface area contributed by atoms with Crippen molar-refractivity contribution in [3.63, 3.8) is 0 Å². The van der Waals surface area contributed by atoms with Crippen LogP contribution in [-0.2, 0) is 4.79 Å². The number of carboxylic acids is 1. The van der Waals surface area contributed by atoms with Crippen molar-refractivity contribution >= 4 is 5.97 Å². The third kappa shape index (κ3) is 9.48. The van der Waals surface area contributed by atoms with E-state index in [1.54, 1.807) is 0 Å². The van der Waals surface area contributed by atoms with Crippen LogP contribution in [0.1, 0.15) is 19.3 Å². The Kier molecular flexibility index (Phi) is 7.42. The van der Waals surface area contributed by atoms with Crippen LogP contribution in [0.5, 0.6) is 0 Å². The average Bonchev–Trinajstić information content (AvgIpc) is 2.02. The molecule has 0 saturated heterocycles. The fraction of sp³-hybridized carbons (Fsp3) is 0.900. The Morgan fingerprint density at radius 1 is 1.07 bits per heavy atom. The quantitative estimate of drug-likeness (QED) is 0.630. The molecule has 0 rings (SSSR count). The molecule has 4 nitrogen and oxygen atoms in total. The Morgan fingerprint density at radius 3 is 2.14 bits per heavy atom. The summed E-state index contributed by atoms with van der Waals surface area (Å²) < 4.78 is 0. The van der Waals surface area contributed by atoms with E-state index in [1.165, 1.54) is 0 Å². The van der Waals surface area contributed by atoms with Gasteiger partial charge in [-0.1, -0.05) is 0 Å². The molecule has 0 spiro atoms. The van der Waals surface area contributed by atoms with Crippen molar-refractivity contribution in [2.75, 3.05) is 40.8 Å². The summed E-state index contributed by atoms with van der Waals surface area (Å²) in [6.45, 7) is 3.00. The SMILES string of the molecule is CN(C)CCCN(C)CCCC(=O)O. The van der Waals surface area contributed by atoms with Gasteiger partial charge in [-0.3, -0.25) is 4.79 Å². The number of hydrogen-bond acceptors (Lipinski definition) is 3. The van der Waals surface area contributed by atoms with Gasteiger partial charge in [0, 0.05) is 6.42 Å². The topological polar surface area (TPSA) is 43.8 Å². The molecule has 1 N–H and O–H groups in total. The molecule has 14 heavy (non-hydrogen) atoms. The van der Waals surface area contributed by atoms with Gasteiger partial charge in [0.15, 0.2) is 0 Å². The molecule has 0 amide bonds. The maximum absolute atomic E-state index is 10.3. The van der Waals surface area contributed by atoms with Crippen LogP contribution in [0.25, 0.3) is 0 Å². The minimum Gasteiger partial charge on any atom is -0.481 e. The fourth-order valence-corrected chi connectivity index (χ4v) is 1.27. The number of carbonyl (C=O) groups is 1. The van der Waals surface area contributed by atoms with E-state index in [4.69, 9.17) is 5.11 Å². The van der Waals surface area contributed by atoms with Crippen molar-refractivity contribution in [3.8, 4) is 0 Å². The lowest BCUT2D eigenvalue weighted by Crippen LogP contribution is -2.25. The van der Waals surface area contributed by atoms with Gasteiger partial charge in [0.25, 0.3) is 0 Å². The van der Waals surface area contributed by atoms with Gasteiger partial charge < -0.3 is 14.9 Å². The van der Waals surface area contributed by atoms with E-state index in [0.29, 0.717) is 0 Å². The number of rotatable bonds is 8. The van der Waals surface area contributed by atoms with E-state index in [1.807, 2.05) is 7.05 Å². The Labute approximate surface area is 86.5 Å². The van der Waals surface area contributed by atoms with Crippen LogP contribution in [0, 0.1) is 0 Å². The monoisotopic (exact) mass is 202 g/mol. The van der Waals surface area contributed by atoms with Crippen LogP contribution in [0.4, 0.5) is 0 Å². The standard InChI is InChI=1S/C10H22N2O2/c1-11(2)7-5-9-12(3)8-4-6-10(13)14/h4-9H2,1-3H3,(H,13,14). The van der Waals surface area contributed by atoms with E-state index in [2.05, 4.69) is 23.9 Å². The zero-order valence-electron chi connectivity index (χ0n) is 9.49. The summed E-state index contributed by atoms with van der Waals surface area (Å²) in [7, 11) is 6.16. The Morgan fingerprint density at radius 2 is 1.64 bits per heavy atom. The zero-order chi connectivity index (χ0) is 11.0. The van der Waals surface area contributed by atoms with E-state index in [9.17, 15) is 4.79 Å². The zero-order valence-corrected chi connectivity index (χ0v) is 9.49. The summed E-state index contributed by atoms with van der Waals surface area (Å²) in [6, 6.07) is 0. The van der Waals surface area contributed by atoms with E-state index in [0.717, 1.165) is 32.5 Å². The average molecular weight is 202 g/mol. The number of aliphatic carboxylic acids is 1. The molecule has 0 aliphatic rings. The van der Waals surface area contributed by atoms with E-state index < -0.39 is 5.97 Å². The molecule has 84 valence electrons. The molecule has 0 aromatic rings. The van der Waals surface area contributed by atoms with Crippen molar-refractivity contribution in [1.82, 2.24) is 9.80 Å². The summed E-state index contributed by atoms with van der Waals surface area (Å²) in [5.74, 6) is -0.702. The van der Waals surface area contributed by atoms with Crippen LogP contribution < -0.4 is 0 Å².